The maximum Gasteiger partial charge on any atom is 0.134 e. The Bertz CT molecular complexity index is 518. The van der Waals surface area contributed by atoms with Crippen LogP contribution in [0.5, 0.6) is 5.75 Å². The van der Waals surface area contributed by atoms with Crippen LogP contribution in [-0.4, -0.2) is 0 Å². The van der Waals surface area contributed by atoms with Gasteiger partial charge in [-0.25, -0.2) is 0 Å². The molecule has 0 bridgehead atoms. The van der Waals surface area contributed by atoms with Crippen LogP contribution < -0.4 is 10.5 Å². The van der Waals surface area contributed by atoms with Gasteiger partial charge < -0.3 is 10.5 Å². The lowest BCUT2D eigenvalue weighted by Gasteiger charge is -2.10. The Labute approximate surface area is 123 Å². The van der Waals surface area contributed by atoms with Crippen molar-refractivity contribution in [3.05, 3.63) is 56.5 Å². The molecule has 0 aliphatic carbocycles. The molecule has 94 valence electrons. The van der Waals surface area contributed by atoms with E-state index >= 15 is 0 Å². The molecule has 2 N–H and O–H groups in total. The highest BCUT2D eigenvalue weighted by Gasteiger charge is 2.04. The summed E-state index contributed by atoms with van der Waals surface area (Å²) in [6.07, 6.45) is 0. The Balaban J connectivity index is 2.11. The zero-order valence-electron chi connectivity index (χ0n) is 9.91. The molecule has 0 spiro atoms. The van der Waals surface area contributed by atoms with E-state index in [2.05, 4.69) is 31.9 Å². The first-order valence-electron chi connectivity index (χ1n) is 5.49. The summed E-state index contributed by atoms with van der Waals surface area (Å²) < 4.78 is 7.69. The number of ether oxygens (including phenoxy) is 1. The summed E-state index contributed by atoms with van der Waals surface area (Å²) in [6.45, 7) is 2.50. The first kappa shape index (κ1) is 13.4. The quantitative estimate of drug-likeness (QED) is 0.796. The summed E-state index contributed by atoms with van der Waals surface area (Å²) in [7, 11) is 0. The maximum absolute atomic E-state index is 5.93. The van der Waals surface area contributed by atoms with E-state index in [0.717, 1.165) is 25.9 Å². The van der Waals surface area contributed by atoms with Gasteiger partial charge >= 0.3 is 0 Å². The van der Waals surface area contributed by atoms with Crippen LogP contribution in [0.25, 0.3) is 0 Å². The molecule has 0 aliphatic rings. The second-order valence-electron chi connectivity index (χ2n) is 4.07. The van der Waals surface area contributed by atoms with Gasteiger partial charge in [-0.1, -0.05) is 28.1 Å². The number of nitrogens with two attached hydrogens (primary N) is 1. The van der Waals surface area contributed by atoms with Gasteiger partial charge in [-0.05, 0) is 52.7 Å². The van der Waals surface area contributed by atoms with Crippen LogP contribution in [0.15, 0.2) is 45.3 Å². The lowest BCUT2D eigenvalue weighted by atomic mass is 10.2. The summed E-state index contributed by atoms with van der Waals surface area (Å²) in [5.41, 5.74) is 8.82. The minimum absolute atomic E-state index is 0.459. The van der Waals surface area contributed by atoms with E-state index in [4.69, 9.17) is 10.5 Å². The zero-order valence-corrected chi connectivity index (χ0v) is 13.1. The molecule has 0 heterocycles. The smallest absolute Gasteiger partial charge is 0.134 e. The maximum atomic E-state index is 5.93. The molecule has 2 rings (SSSR count). The fourth-order valence-electron chi connectivity index (χ4n) is 1.58. The normalized spacial score (nSPS) is 10.4. The Morgan fingerprint density at radius 3 is 2.56 bits per heavy atom. The lowest BCUT2D eigenvalue weighted by molar-refractivity contribution is 0.305. The fourth-order valence-corrected chi connectivity index (χ4v) is 2.56. The van der Waals surface area contributed by atoms with Gasteiger partial charge in [0.1, 0.15) is 12.4 Å². The van der Waals surface area contributed by atoms with Gasteiger partial charge in [0.2, 0.25) is 0 Å². The van der Waals surface area contributed by atoms with Crippen LogP contribution in [0.2, 0.25) is 0 Å². The first-order chi connectivity index (χ1) is 8.56. The summed E-state index contributed by atoms with van der Waals surface area (Å²) in [5.74, 6) is 0.822. The average Bonchev–Trinajstić information content (AvgIpc) is 2.30. The standard InChI is InChI=1S/C14H13Br2NO/c1-9-2-5-14(12(16)6-9)18-8-10-3-4-11(15)7-13(10)17/h2-7H,8,17H2,1H3. The van der Waals surface area contributed by atoms with Crippen LogP contribution in [0.4, 0.5) is 5.69 Å². The number of anilines is 1. The van der Waals surface area contributed by atoms with Crippen LogP contribution in [0.1, 0.15) is 11.1 Å². The van der Waals surface area contributed by atoms with Crippen molar-refractivity contribution in [2.24, 2.45) is 0 Å². The highest BCUT2D eigenvalue weighted by molar-refractivity contribution is 9.10. The number of hydrogen-bond donors (Lipinski definition) is 1. The van der Waals surface area contributed by atoms with Gasteiger partial charge in [-0.15, -0.1) is 0 Å². The third-order valence-electron chi connectivity index (χ3n) is 2.58. The largest absolute Gasteiger partial charge is 0.488 e. The molecule has 2 aromatic rings. The molecule has 2 nitrogen and oxygen atoms in total. The predicted molar refractivity (Wildman–Crippen MR) is 81.8 cm³/mol. The third-order valence-corrected chi connectivity index (χ3v) is 3.69. The Morgan fingerprint density at radius 2 is 1.89 bits per heavy atom. The molecule has 0 unspecified atom stereocenters. The molecule has 0 fully saturated rings. The highest BCUT2D eigenvalue weighted by Crippen LogP contribution is 2.27. The minimum Gasteiger partial charge on any atom is -0.488 e. The Hall–Kier alpha value is -1.000. The van der Waals surface area contributed by atoms with E-state index in [1.54, 1.807) is 0 Å². The highest BCUT2D eigenvalue weighted by atomic mass is 79.9. The summed E-state index contributed by atoms with van der Waals surface area (Å²) in [6, 6.07) is 11.8. The van der Waals surface area contributed by atoms with Crippen molar-refractivity contribution in [3.8, 4) is 5.75 Å². The number of benzene rings is 2. The molecule has 2 aromatic carbocycles. The molecule has 0 aliphatic heterocycles. The number of aryl methyl sites for hydroxylation is 1. The fraction of sp³-hybridized carbons (Fsp3) is 0.143. The van der Waals surface area contributed by atoms with Gasteiger partial charge in [0, 0.05) is 15.7 Å². The molecular weight excluding hydrogens is 358 g/mol. The zero-order chi connectivity index (χ0) is 13.1. The van der Waals surface area contributed by atoms with Crippen LogP contribution >= 0.6 is 31.9 Å². The second kappa shape index (κ2) is 5.76. The van der Waals surface area contributed by atoms with Crippen molar-refractivity contribution in [3.63, 3.8) is 0 Å². The molecule has 18 heavy (non-hydrogen) atoms. The van der Waals surface area contributed by atoms with Gasteiger partial charge in [0.05, 0.1) is 4.47 Å². The first-order valence-corrected chi connectivity index (χ1v) is 7.08. The molecule has 0 saturated heterocycles. The summed E-state index contributed by atoms with van der Waals surface area (Å²) in [4.78, 5) is 0. The monoisotopic (exact) mass is 369 g/mol. The second-order valence-corrected chi connectivity index (χ2v) is 5.84. The van der Waals surface area contributed by atoms with E-state index in [1.807, 2.05) is 43.3 Å². The lowest BCUT2D eigenvalue weighted by Crippen LogP contribution is -2.00. The molecule has 0 amide bonds. The average molecular weight is 371 g/mol. The Kier molecular flexibility index (Phi) is 4.30. The van der Waals surface area contributed by atoms with E-state index in [1.165, 1.54) is 5.56 Å². The van der Waals surface area contributed by atoms with Crippen molar-refractivity contribution in [2.75, 3.05) is 5.73 Å². The van der Waals surface area contributed by atoms with Crippen molar-refractivity contribution >= 4 is 37.5 Å². The molecular formula is C14H13Br2NO. The van der Waals surface area contributed by atoms with Crippen molar-refractivity contribution < 1.29 is 4.74 Å². The summed E-state index contributed by atoms with van der Waals surface area (Å²) in [5, 5.41) is 0. The SMILES string of the molecule is Cc1ccc(OCc2ccc(Br)cc2N)c(Br)c1. The van der Waals surface area contributed by atoms with E-state index in [0.29, 0.717) is 6.61 Å². The molecule has 0 saturated carbocycles. The van der Waals surface area contributed by atoms with Crippen molar-refractivity contribution in [1.29, 1.82) is 0 Å². The van der Waals surface area contributed by atoms with Gasteiger partial charge in [-0.3, -0.25) is 0 Å². The molecule has 4 heteroatoms. The van der Waals surface area contributed by atoms with Crippen LogP contribution in [0.3, 0.4) is 0 Å². The number of halogens is 2. The van der Waals surface area contributed by atoms with Crippen LogP contribution in [-0.2, 0) is 6.61 Å². The predicted octanol–water partition coefficient (Wildman–Crippen LogP) is 4.68. The minimum atomic E-state index is 0.459. The third kappa shape index (κ3) is 3.27. The molecule has 0 radical (unpaired) electrons. The van der Waals surface area contributed by atoms with E-state index < -0.39 is 0 Å². The van der Waals surface area contributed by atoms with E-state index in [-0.39, 0.29) is 0 Å². The van der Waals surface area contributed by atoms with Gasteiger partial charge in [-0.2, -0.15) is 0 Å². The van der Waals surface area contributed by atoms with Crippen LogP contribution in [0, 0.1) is 6.92 Å². The molecule has 0 atom stereocenters. The Morgan fingerprint density at radius 1 is 1.11 bits per heavy atom. The van der Waals surface area contributed by atoms with Gasteiger partial charge in [0.15, 0.2) is 0 Å². The number of rotatable bonds is 3. The number of nitrogen functional groups attached to an aromatic ring is 1. The van der Waals surface area contributed by atoms with Crippen molar-refractivity contribution in [1.82, 2.24) is 0 Å². The molecule has 0 aromatic heterocycles. The van der Waals surface area contributed by atoms with Gasteiger partial charge in [0.25, 0.3) is 0 Å². The van der Waals surface area contributed by atoms with E-state index in [9.17, 15) is 0 Å². The van der Waals surface area contributed by atoms with Crippen molar-refractivity contribution in [2.45, 2.75) is 13.5 Å². The topological polar surface area (TPSA) is 35.2 Å². The summed E-state index contributed by atoms with van der Waals surface area (Å²) >= 11 is 6.87. The number of hydrogen-bond acceptors (Lipinski definition) is 2.